The quantitative estimate of drug-likeness (QED) is 0.804. The van der Waals surface area contributed by atoms with Gasteiger partial charge in [0, 0.05) is 12.5 Å². The van der Waals surface area contributed by atoms with Crippen LogP contribution in [0.3, 0.4) is 0 Å². The molecule has 2 aromatic rings. The Hall–Kier alpha value is -2.15. The summed E-state index contributed by atoms with van der Waals surface area (Å²) in [5.41, 5.74) is 2.33. The SMILES string of the molecule is C[C@H](OCc1ccccc1)[C@H](C)C(C#N)NCc1ccccc1. The van der Waals surface area contributed by atoms with E-state index in [2.05, 4.69) is 30.4 Å². The van der Waals surface area contributed by atoms with Crippen molar-refractivity contribution in [2.75, 3.05) is 0 Å². The first-order valence-corrected chi connectivity index (χ1v) is 8.03. The zero-order valence-corrected chi connectivity index (χ0v) is 13.8. The molecular formula is C20H24N2O. The predicted octanol–water partition coefficient (Wildman–Crippen LogP) is 3.91. The van der Waals surface area contributed by atoms with E-state index < -0.39 is 0 Å². The van der Waals surface area contributed by atoms with Gasteiger partial charge in [-0.15, -0.1) is 0 Å². The van der Waals surface area contributed by atoms with Crippen LogP contribution >= 0.6 is 0 Å². The minimum atomic E-state index is -0.235. The average molecular weight is 308 g/mol. The summed E-state index contributed by atoms with van der Waals surface area (Å²) in [5, 5.41) is 12.8. The van der Waals surface area contributed by atoms with Crippen LogP contribution in [0.1, 0.15) is 25.0 Å². The third kappa shape index (κ3) is 5.52. The lowest BCUT2D eigenvalue weighted by atomic mass is 9.97. The predicted molar refractivity (Wildman–Crippen MR) is 92.5 cm³/mol. The van der Waals surface area contributed by atoms with E-state index in [1.807, 2.05) is 55.5 Å². The number of nitrogens with one attached hydrogen (secondary N) is 1. The van der Waals surface area contributed by atoms with Crippen molar-refractivity contribution in [1.82, 2.24) is 5.32 Å². The van der Waals surface area contributed by atoms with Crippen molar-refractivity contribution in [2.24, 2.45) is 5.92 Å². The van der Waals surface area contributed by atoms with Gasteiger partial charge in [-0.05, 0) is 18.1 Å². The van der Waals surface area contributed by atoms with Gasteiger partial charge in [-0.25, -0.2) is 0 Å². The Balaban J connectivity index is 1.83. The minimum absolute atomic E-state index is 0.00290. The normalized spacial score (nSPS) is 14.7. The van der Waals surface area contributed by atoms with Crippen LogP contribution in [0.25, 0.3) is 0 Å². The van der Waals surface area contributed by atoms with Crippen LogP contribution in [-0.2, 0) is 17.9 Å². The molecule has 0 saturated heterocycles. The van der Waals surface area contributed by atoms with Crippen LogP contribution < -0.4 is 5.32 Å². The van der Waals surface area contributed by atoms with Gasteiger partial charge in [-0.2, -0.15) is 5.26 Å². The molecule has 2 aromatic carbocycles. The van der Waals surface area contributed by atoms with Crippen molar-refractivity contribution < 1.29 is 4.74 Å². The molecule has 0 aromatic heterocycles. The van der Waals surface area contributed by atoms with E-state index in [4.69, 9.17) is 4.74 Å². The summed E-state index contributed by atoms with van der Waals surface area (Å²) in [6.07, 6.45) is 0.00290. The van der Waals surface area contributed by atoms with E-state index in [-0.39, 0.29) is 18.1 Å². The van der Waals surface area contributed by atoms with Crippen LogP contribution in [0.5, 0.6) is 0 Å². The largest absolute Gasteiger partial charge is 0.373 e. The van der Waals surface area contributed by atoms with Gasteiger partial charge >= 0.3 is 0 Å². The number of ether oxygens (including phenoxy) is 1. The van der Waals surface area contributed by atoms with Gasteiger partial charge in [-0.3, -0.25) is 5.32 Å². The van der Waals surface area contributed by atoms with Crippen LogP contribution in [0.4, 0.5) is 0 Å². The second-order valence-electron chi connectivity index (χ2n) is 5.83. The number of rotatable bonds is 8. The van der Waals surface area contributed by atoms with Gasteiger partial charge in [0.25, 0.3) is 0 Å². The van der Waals surface area contributed by atoms with E-state index >= 15 is 0 Å². The Bertz CT molecular complexity index is 607. The Morgan fingerprint density at radius 2 is 1.52 bits per heavy atom. The molecule has 0 saturated carbocycles. The Kier molecular flexibility index (Phi) is 6.80. The van der Waals surface area contributed by atoms with Crippen molar-refractivity contribution in [3.05, 3.63) is 71.8 Å². The molecule has 0 aliphatic rings. The van der Waals surface area contributed by atoms with E-state index in [9.17, 15) is 5.26 Å². The Labute approximate surface area is 138 Å². The fourth-order valence-electron chi connectivity index (χ4n) is 2.40. The average Bonchev–Trinajstić information content (AvgIpc) is 2.61. The fraction of sp³-hybridized carbons (Fsp3) is 0.350. The number of hydrogen-bond donors (Lipinski definition) is 1. The summed E-state index contributed by atoms with van der Waals surface area (Å²) < 4.78 is 5.93. The van der Waals surface area contributed by atoms with Crippen molar-refractivity contribution >= 4 is 0 Å². The maximum atomic E-state index is 9.44. The first-order chi connectivity index (χ1) is 11.2. The van der Waals surface area contributed by atoms with E-state index in [1.165, 1.54) is 5.56 Å². The lowest BCUT2D eigenvalue weighted by molar-refractivity contribution is 0.0124. The third-order valence-electron chi connectivity index (χ3n) is 4.13. The highest BCUT2D eigenvalue weighted by molar-refractivity contribution is 5.15. The van der Waals surface area contributed by atoms with Gasteiger partial charge in [0.15, 0.2) is 0 Å². The molecule has 2 rings (SSSR count). The Morgan fingerprint density at radius 3 is 2.09 bits per heavy atom. The van der Waals surface area contributed by atoms with Gasteiger partial charge in [0.2, 0.25) is 0 Å². The van der Waals surface area contributed by atoms with Gasteiger partial charge in [0.1, 0.15) is 6.04 Å². The zero-order valence-electron chi connectivity index (χ0n) is 13.8. The molecule has 1 unspecified atom stereocenters. The highest BCUT2D eigenvalue weighted by Gasteiger charge is 2.22. The first kappa shape index (κ1) is 17.2. The van der Waals surface area contributed by atoms with Gasteiger partial charge < -0.3 is 4.74 Å². The smallest absolute Gasteiger partial charge is 0.101 e. The lowest BCUT2D eigenvalue weighted by Gasteiger charge is -2.25. The second-order valence-corrected chi connectivity index (χ2v) is 5.83. The molecule has 3 atom stereocenters. The molecule has 23 heavy (non-hydrogen) atoms. The fourth-order valence-corrected chi connectivity index (χ4v) is 2.40. The molecule has 0 amide bonds. The summed E-state index contributed by atoms with van der Waals surface area (Å²) in [6, 6.07) is 22.4. The minimum Gasteiger partial charge on any atom is -0.373 e. The zero-order chi connectivity index (χ0) is 16.5. The van der Waals surface area contributed by atoms with Crippen LogP contribution in [0.15, 0.2) is 60.7 Å². The summed E-state index contributed by atoms with van der Waals surface area (Å²) >= 11 is 0. The van der Waals surface area contributed by atoms with Crippen LogP contribution in [0, 0.1) is 17.2 Å². The topological polar surface area (TPSA) is 45.0 Å². The number of nitrogens with zero attached hydrogens (tertiary/aromatic N) is 1. The molecule has 0 aliphatic carbocycles. The maximum absolute atomic E-state index is 9.44. The summed E-state index contributed by atoms with van der Waals surface area (Å²) in [6.45, 7) is 5.35. The number of hydrogen-bond acceptors (Lipinski definition) is 3. The second kappa shape index (κ2) is 9.09. The summed E-state index contributed by atoms with van der Waals surface area (Å²) in [5.74, 6) is 0.104. The van der Waals surface area contributed by atoms with Crippen molar-refractivity contribution in [2.45, 2.75) is 39.1 Å². The van der Waals surface area contributed by atoms with Crippen molar-refractivity contribution in [1.29, 1.82) is 5.26 Å². The molecule has 3 heteroatoms. The summed E-state index contributed by atoms with van der Waals surface area (Å²) in [4.78, 5) is 0. The third-order valence-corrected chi connectivity index (χ3v) is 4.13. The molecule has 0 fully saturated rings. The molecule has 0 heterocycles. The van der Waals surface area contributed by atoms with E-state index in [0.29, 0.717) is 13.2 Å². The standard InChI is InChI=1S/C20H24N2O/c1-16(17(2)23-15-19-11-7-4-8-12-19)20(13-21)22-14-18-9-5-3-6-10-18/h3-12,16-17,20,22H,14-15H2,1-2H3/t16-,17-,20?/m0/s1. The molecular weight excluding hydrogens is 284 g/mol. The van der Waals surface area contributed by atoms with E-state index in [1.54, 1.807) is 0 Å². The lowest BCUT2D eigenvalue weighted by Crippen LogP contribution is -2.39. The number of benzene rings is 2. The van der Waals surface area contributed by atoms with Gasteiger partial charge in [0.05, 0.1) is 18.8 Å². The maximum Gasteiger partial charge on any atom is 0.101 e. The molecule has 1 N–H and O–H groups in total. The first-order valence-electron chi connectivity index (χ1n) is 8.03. The van der Waals surface area contributed by atoms with E-state index in [0.717, 1.165) is 5.56 Å². The Morgan fingerprint density at radius 1 is 0.957 bits per heavy atom. The number of nitriles is 1. The molecule has 120 valence electrons. The summed E-state index contributed by atoms with van der Waals surface area (Å²) in [7, 11) is 0. The molecule has 0 spiro atoms. The van der Waals surface area contributed by atoms with Crippen LogP contribution in [-0.4, -0.2) is 12.1 Å². The highest BCUT2D eigenvalue weighted by atomic mass is 16.5. The highest BCUT2D eigenvalue weighted by Crippen LogP contribution is 2.15. The molecule has 0 radical (unpaired) electrons. The van der Waals surface area contributed by atoms with Crippen molar-refractivity contribution in [3.63, 3.8) is 0 Å². The molecule has 0 aliphatic heterocycles. The van der Waals surface area contributed by atoms with Gasteiger partial charge in [-0.1, -0.05) is 67.6 Å². The molecule has 0 bridgehead atoms. The molecule has 3 nitrogen and oxygen atoms in total. The van der Waals surface area contributed by atoms with Crippen LogP contribution in [0.2, 0.25) is 0 Å². The van der Waals surface area contributed by atoms with Crippen molar-refractivity contribution in [3.8, 4) is 6.07 Å². The monoisotopic (exact) mass is 308 g/mol.